The standard InChI is InChI=1S/C20H21N/c1(2-4-6-11-17-21-18-12-13-19-21)3-5-8-14-20-15-9-7-10-16-20/h7,9-10,12-13,15-16,18-19H,5-6,8,11,14,17H2. The normalized spacial score (nSPS) is 9.33. The van der Waals surface area contributed by atoms with Gasteiger partial charge in [-0.1, -0.05) is 42.2 Å². The van der Waals surface area contributed by atoms with Crippen LogP contribution < -0.4 is 0 Å². The first-order valence-corrected chi connectivity index (χ1v) is 7.55. The van der Waals surface area contributed by atoms with E-state index in [1.54, 1.807) is 0 Å². The van der Waals surface area contributed by atoms with Gasteiger partial charge in [0, 0.05) is 31.8 Å². The van der Waals surface area contributed by atoms with E-state index in [1.807, 2.05) is 12.1 Å². The molecule has 1 nitrogen and oxygen atoms in total. The van der Waals surface area contributed by atoms with Gasteiger partial charge in [-0.15, -0.1) is 0 Å². The second-order valence-corrected chi connectivity index (χ2v) is 4.97. The van der Waals surface area contributed by atoms with Crippen molar-refractivity contribution in [2.45, 2.75) is 38.6 Å². The van der Waals surface area contributed by atoms with Crippen molar-refractivity contribution in [3.8, 4) is 23.7 Å². The topological polar surface area (TPSA) is 4.93 Å². The summed E-state index contributed by atoms with van der Waals surface area (Å²) in [5.74, 6) is 12.1. The van der Waals surface area contributed by atoms with Crippen LogP contribution in [0.2, 0.25) is 0 Å². The average Bonchev–Trinajstić information content (AvgIpc) is 3.03. The fourth-order valence-electron chi connectivity index (χ4n) is 2.11. The molecule has 0 saturated heterocycles. The Hall–Kier alpha value is -2.38. The maximum atomic E-state index is 3.13. The lowest BCUT2D eigenvalue weighted by Crippen LogP contribution is -1.92. The SMILES string of the molecule is C(C#CCCCn1cccc1)#CCCCc1ccccc1. The quantitative estimate of drug-likeness (QED) is 0.547. The zero-order chi connectivity index (χ0) is 14.6. The fourth-order valence-corrected chi connectivity index (χ4v) is 2.11. The van der Waals surface area contributed by atoms with E-state index in [0.717, 1.165) is 38.6 Å². The van der Waals surface area contributed by atoms with E-state index in [-0.39, 0.29) is 0 Å². The van der Waals surface area contributed by atoms with Gasteiger partial charge in [0.1, 0.15) is 0 Å². The molecular formula is C20H21N. The lowest BCUT2D eigenvalue weighted by molar-refractivity contribution is 0.659. The van der Waals surface area contributed by atoms with Crippen molar-refractivity contribution in [3.05, 3.63) is 60.4 Å². The predicted octanol–water partition coefficient (Wildman–Crippen LogP) is 4.30. The van der Waals surface area contributed by atoms with Crippen LogP contribution in [-0.2, 0) is 13.0 Å². The molecule has 0 bridgehead atoms. The molecule has 1 heteroatoms. The molecule has 2 aromatic rings. The second kappa shape index (κ2) is 9.51. The van der Waals surface area contributed by atoms with Crippen molar-refractivity contribution in [1.82, 2.24) is 4.57 Å². The van der Waals surface area contributed by atoms with Crippen LogP contribution in [0.5, 0.6) is 0 Å². The Morgan fingerprint density at radius 1 is 0.762 bits per heavy atom. The van der Waals surface area contributed by atoms with Gasteiger partial charge in [-0.25, -0.2) is 0 Å². The van der Waals surface area contributed by atoms with Crippen molar-refractivity contribution in [3.63, 3.8) is 0 Å². The average molecular weight is 275 g/mol. The second-order valence-electron chi connectivity index (χ2n) is 4.97. The number of hydrogen-bond donors (Lipinski definition) is 0. The van der Waals surface area contributed by atoms with E-state index in [9.17, 15) is 0 Å². The Balaban J connectivity index is 1.54. The Morgan fingerprint density at radius 2 is 1.43 bits per heavy atom. The van der Waals surface area contributed by atoms with Crippen molar-refractivity contribution in [2.24, 2.45) is 0 Å². The third kappa shape index (κ3) is 6.55. The number of unbranched alkanes of at least 4 members (excludes halogenated alkanes) is 2. The summed E-state index contributed by atoms with van der Waals surface area (Å²) in [6.45, 7) is 1.03. The summed E-state index contributed by atoms with van der Waals surface area (Å²) in [6, 6.07) is 14.6. The molecule has 21 heavy (non-hydrogen) atoms. The molecule has 2 rings (SSSR count). The van der Waals surface area contributed by atoms with Crippen LogP contribution in [0.25, 0.3) is 0 Å². The molecule has 1 aromatic carbocycles. The Bertz CT molecular complexity index is 615. The van der Waals surface area contributed by atoms with E-state index < -0.39 is 0 Å². The van der Waals surface area contributed by atoms with Gasteiger partial charge in [0.05, 0.1) is 0 Å². The molecule has 0 N–H and O–H groups in total. The molecule has 0 aliphatic carbocycles. The first-order chi connectivity index (χ1) is 10.4. The molecule has 0 spiro atoms. The first-order valence-electron chi connectivity index (χ1n) is 7.55. The minimum atomic E-state index is 0.914. The number of benzene rings is 1. The number of nitrogens with zero attached hydrogens (tertiary/aromatic N) is 1. The van der Waals surface area contributed by atoms with Crippen molar-refractivity contribution < 1.29 is 0 Å². The van der Waals surface area contributed by atoms with Crippen LogP contribution >= 0.6 is 0 Å². The minimum absolute atomic E-state index is 0.914. The predicted molar refractivity (Wildman–Crippen MR) is 88.6 cm³/mol. The van der Waals surface area contributed by atoms with Gasteiger partial charge in [-0.05, 0) is 48.8 Å². The highest BCUT2D eigenvalue weighted by Gasteiger charge is 1.89. The summed E-state index contributed by atoms with van der Waals surface area (Å²) in [4.78, 5) is 0. The molecule has 0 unspecified atom stereocenters. The zero-order valence-corrected chi connectivity index (χ0v) is 12.4. The summed E-state index contributed by atoms with van der Waals surface area (Å²) in [5, 5.41) is 0. The smallest absolute Gasteiger partial charge is 0.0228 e. The summed E-state index contributed by atoms with van der Waals surface area (Å²) in [6.07, 6.45) is 9.28. The maximum Gasteiger partial charge on any atom is 0.0228 e. The zero-order valence-electron chi connectivity index (χ0n) is 12.4. The van der Waals surface area contributed by atoms with Gasteiger partial charge in [0.15, 0.2) is 0 Å². The first kappa shape index (κ1) is 15.0. The largest absolute Gasteiger partial charge is 0.354 e. The van der Waals surface area contributed by atoms with Gasteiger partial charge in [0.25, 0.3) is 0 Å². The third-order valence-electron chi connectivity index (χ3n) is 3.23. The summed E-state index contributed by atoms with van der Waals surface area (Å²) in [7, 11) is 0. The highest BCUT2D eigenvalue weighted by molar-refractivity contribution is 5.25. The molecule has 0 atom stereocenters. The van der Waals surface area contributed by atoms with Gasteiger partial charge in [-0.2, -0.15) is 0 Å². The minimum Gasteiger partial charge on any atom is -0.354 e. The number of aromatic nitrogens is 1. The Labute approximate surface area is 128 Å². The molecular weight excluding hydrogens is 254 g/mol. The molecule has 106 valence electrons. The van der Waals surface area contributed by atoms with E-state index in [1.165, 1.54) is 5.56 Å². The number of aryl methyl sites for hydroxylation is 2. The maximum absolute atomic E-state index is 3.13. The van der Waals surface area contributed by atoms with Crippen LogP contribution in [0.3, 0.4) is 0 Å². The van der Waals surface area contributed by atoms with Crippen LogP contribution in [0, 0.1) is 23.7 Å². The summed E-state index contributed by atoms with van der Waals surface area (Å²) >= 11 is 0. The van der Waals surface area contributed by atoms with E-state index in [2.05, 4.69) is 71.0 Å². The Kier molecular flexibility index (Phi) is 6.80. The lowest BCUT2D eigenvalue weighted by Gasteiger charge is -1.97. The highest BCUT2D eigenvalue weighted by Crippen LogP contribution is 2.03. The van der Waals surface area contributed by atoms with E-state index in [4.69, 9.17) is 0 Å². The summed E-state index contributed by atoms with van der Waals surface area (Å²) < 4.78 is 2.18. The van der Waals surface area contributed by atoms with E-state index in [0.29, 0.717) is 0 Å². The number of hydrogen-bond acceptors (Lipinski definition) is 0. The lowest BCUT2D eigenvalue weighted by atomic mass is 10.1. The van der Waals surface area contributed by atoms with Crippen molar-refractivity contribution in [2.75, 3.05) is 0 Å². The molecule has 0 radical (unpaired) electrons. The molecule has 1 heterocycles. The third-order valence-corrected chi connectivity index (χ3v) is 3.23. The molecule has 0 fully saturated rings. The monoisotopic (exact) mass is 275 g/mol. The molecule has 1 aromatic heterocycles. The van der Waals surface area contributed by atoms with Crippen LogP contribution in [0.1, 0.15) is 31.2 Å². The summed E-state index contributed by atoms with van der Waals surface area (Å²) in [5.41, 5.74) is 1.38. The molecule has 0 aliphatic heterocycles. The van der Waals surface area contributed by atoms with Crippen LogP contribution in [0.4, 0.5) is 0 Å². The Morgan fingerprint density at radius 3 is 2.14 bits per heavy atom. The van der Waals surface area contributed by atoms with E-state index >= 15 is 0 Å². The van der Waals surface area contributed by atoms with Crippen molar-refractivity contribution >= 4 is 0 Å². The van der Waals surface area contributed by atoms with Gasteiger partial charge in [0.2, 0.25) is 0 Å². The molecule has 0 amide bonds. The van der Waals surface area contributed by atoms with Crippen molar-refractivity contribution in [1.29, 1.82) is 0 Å². The van der Waals surface area contributed by atoms with Gasteiger partial charge >= 0.3 is 0 Å². The van der Waals surface area contributed by atoms with Crippen LogP contribution in [0.15, 0.2) is 54.9 Å². The van der Waals surface area contributed by atoms with Gasteiger partial charge in [-0.3, -0.25) is 0 Å². The molecule has 0 saturated carbocycles. The highest BCUT2D eigenvalue weighted by atomic mass is 14.9. The number of rotatable bonds is 6. The molecule has 0 aliphatic rings. The van der Waals surface area contributed by atoms with Crippen LogP contribution in [-0.4, -0.2) is 4.57 Å². The van der Waals surface area contributed by atoms with Gasteiger partial charge < -0.3 is 4.57 Å². The fraction of sp³-hybridized carbons (Fsp3) is 0.300.